The van der Waals surface area contributed by atoms with Crippen molar-refractivity contribution in [3.05, 3.63) is 46.1 Å². The average molecular weight is 390 g/mol. The minimum Gasteiger partial charge on any atom is -0.507 e. The molecule has 0 fully saturated rings. The number of nitrogens with zero attached hydrogens (tertiary/aromatic N) is 2. The molecular weight excluding hydrogens is 374 g/mol. The molecule has 0 saturated heterocycles. The van der Waals surface area contributed by atoms with Crippen LogP contribution in [0.2, 0.25) is 5.02 Å². The Morgan fingerprint density at radius 3 is 2.67 bits per heavy atom. The first-order valence-electron chi connectivity index (χ1n) is 7.85. The summed E-state index contributed by atoms with van der Waals surface area (Å²) in [5, 5.41) is 30.9. The number of halogens is 1. The van der Waals surface area contributed by atoms with Crippen molar-refractivity contribution in [3.63, 3.8) is 0 Å². The lowest BCUT2D eigenvalue weighted by Gasteiger charge is -2.13. The number of hydrogen-bond acceptors (Lipinski definition) is 7. The molecule has 1 aromatic carbocycles. The summed E-state index contributed by atoms with van der Waals surface area (Å²) in [4.78, 5) is 27.8. The zero-order valence-electron chi connectivity index (χ0n) is 14.3. The molecule has 140 valence electrons. The Bertz CT molecular complexity index is 907. The molecular formula is C18H16ClN3O5. The van der Waals surface area contributed by atoms with Gasteiger partial charge < -0.3 is 20.3 Å². The molecule has 0 atom stereocenters. The number of nitriles is 1. The summed E-state index contributed by atoms with van der Waals surface area (Å²) >= 11 is 6.04. The average Bonchev–Trinajstić information content (AvgIpc) is 2.65. The van der Waals surface area contributed by atoms with Crippen molar-refractivity contribution in [2.75, 3.05) is 12.4 Å². The SMILES string of the molecule is COC(=O)c1c(O)cc(O)c(Cl)c1CCCC(=O)Nc1ccc(C#N)cn1. The second-order valence-electron chi connectivity index (χ2n) is 5.52. The maximum Gasteiger partial charge on any atom is 0.341 e. The van der Waals surface area contributed by atoms with Gasteiger partial charge in [0.05, 0.1) is 17.7 Å². The smallest absolute Gasteiger partial charge is 0.341 e. The number of methoxy groups -OCH3 is 1. The maximum absolute atomic E-state index is 12.0. The van der Waals surface area contributed by atoms with Crippen LogP contribution in [0.25, 0.3) is 0 Å². The van der Waals surface area contributed by atoms with Crippen LogP contribution in [0.15, 0.2) is 24.4 Å². The van der Waals surface area contributed by atoms with Gasteiger partial charge in [0.1, 0.15) is 28.9 Å². The third-order valence-electron chi connectivity index (χ3n) is 3.70. The number of hydrogen-bond donors (Lipinski definition) is 3. The molecule has 0 spiro atoms. The van der Waals surface area contributed by atoms with Crippen LogP contribution >= 0.6 is 11.6 Å². The monoisotopic (exact) mass is 389 g/mol. The van der Waals surface area contributed by atoms with E-state index in [9.17, 15) is 19.8 Å². The number of carbonyl (C=O) groups is 2. The second-order valence-corrected chi connectivity index (χ2v) is 5.90. The number of benzene rings is 1. The molecule has 8 nitrogen and oxygen atoms in total. The Hall–Kier alpha value is -3.31. The van der Waals surface area contributed by atoms with Gasteiger partial charge in [-0.2, -0.15) is 5.26 Å². The third-order valence-corrected chi connectivity index (χ3v) is 4.12. The molecule has 0 saturated carbocycles. The number of anilines is 1. The predicted octanol–water partition coefficient (Wildman–Crippen LogP) is 2.77. The van der Waals surface area contributed by atoms with Gasteiger partial charge in [0.25, 0.3) is 0 Å². The van der Waals surface area contributed by atoms with Crippen LogP contribution in [0, 0.1) is 11.3 Å². The van der Waals surface area contributed by atoms with Crippen LogP contribution < -0.4 is 5.32 Å². The number of rotatable bonds is 6. The summed E-state index contributed by atoms with van der Waals surface area (Å²) < 4.78 is 4.63. The number of carbonyl (C=O) groups excluding carboxylic acids is 2. The summed E-state index contributed by atoms with van der Waals surface area (Å²) in [6, 6.07) is 5.93. The molecule has 2 aromatic rings. The number of aromatic hydroxyl groups is 2. The highest BCUT2D eigenvalue weighted by Crippen LogP contribution is 2.37. The zero-order chi connectivity index (χ0) is 20.0. The van der Waals surface area contributed by atoms with Gasteiger partial charge in [-0.1, -0.05) is 11.6 Å². The minimum absolute atomic E-state index is 0.0784. The van der Waals surface area contributed by atoms with Gasteiger partial charge in [0.15, 0.2) is 0 Å². The predicted molar refractivity (Wildman–Crippen MR) is 96.6 cm³/mol. The molecule has 0 unspecified atom stereocenters. The standard InChI is InChI=1S/C18H16ClN3O5/c1-27-18(26)16-11(17(19)13(24)7-12(16)23)3-2-4-15(25)22-14-6-5-10(8-20)9-21-14/h5-7,9,23-24H,2-4H2,1H3,(H,21,22,25). The molecule has 3 N–H and O–H groups in total. The largest absolute Gasteiger partial charge is 0.507 e. The highest BCUT2D eigenvalue weighted by molar-refractivity contribution is 6.33. The Labute approximate surface area is 160 Å². The van der Waals surface area contributed by atoms with Gasteiger partial charge in [0.2, 0.25) is 5.91 Å². The summed E-state index contributed by atoms with van der Waals surface area (Å²) in [5.74, 6) is -1.64. The number of aromatic nitrogens is 1. The number of esters is 1. The van der Waals surface area contributed by atoms with Crippen molar-refractivity contribution in [2.24, 2.45) is 0 Å². The summed E-state index contributed by atoms with van der Waals surface area (Å²) in [7, 11) is 1.16. The number of pyridine rings is 1. The lowest BCUT2D eigenvalue weighted by atomic mass is 10.00. The van der Waals surface area contributed by atoms with E-state index in [0.29, 0.717) is 11.4 Å². The summed E-state index contributed by atoms with van der Waals surface area (Å²) in [6.07, 6.45) is 1.86. The van der Waals surface area contributed by atoms with E-state index in [2.05, 4.69) is 15.0 Å². The third kappa shape index (κ3) is 4.86. The Morgan fingerprint density at radius 1 is 1.33 bits per heavy atom. The topological polar surface area (TPSA) is 133 Å². The maximum atomic E-state index is 12.0. The first-order chi connectivity index (χ1) is 12.9. The fourth-order valence-electron chi connectivity index (χ4n) is 2.41. The quantitative estimate of drug-likeness (QED) is 0.647. The fourth-order valence-corrected chi connectivity index (χ4v) is 2.66. The van der Waals surface area contributed by atoms with Crippen LogP contribution in [0.1, 0.15) is 34.3 Å². The van der Waals surface area contributed by atoms with E-state index in [1.54, 1.807) is 0 Å². The molecule has 0 aliphatic rings. The van der Waals surface area contributed by atoms with Crippen molar-refractivity contribution in [3.8, 4) is 17.6 Å². The van der Waals surface area contributed by atoms with Gasteiger partial charge in [-0.05, 0) is 30.5 Å². The van der Waals surface area contributed by atoms with Crippen LogP contribution in [0.4, 0.5) is 5.82 Å². The number of amides is 1. The lowest BCUT2D eigenvalue weighted by molar-refractivity contribution is -0.116. The van der Waals surface area contributed by atoms with Crippen LogP contribution in [0.3, 0.4) is 0 Å². The summed E-state index contributed by atoms with van der Waals surface area (Å²) in [5.41, 5.74) is 0.432. The van der Waals surface area contributed by atoms with Gasteiger partial charge >= 0.3 is 5.97 Å². The van der Waals surface area contributed by atoms with E-state index in [4.69, 9.17) is 16.9 Å². The lowest BCUT2D eigenvalue weighted by Crippen LogP contribution is -2.13. The van der Waals surface area contributed by atoms with Gasteiger partial charge in [-0.25, -0.2) is 9.78 Å². The molecule has 9 heteroatoms. The van der Waals surface area contributed by atoms with Crippen molar-refractivity contribution in [2.45, 2.75) is 19.3 Å². The molecule has 0 radical (unpaired) electrons. The van der Waals surface area contributed by atoms with E-state index in [0.717, 1.165) is 13.2 Å². The number of phenolic OH excluding ortho intramolecular Hbond substituents is 2. The van der Waals surface area contributed by atoms with E-state index in [1.807, 2.05) is 6.07 Å². The molecule has 1 amide bonds. The number of phenols is 2. The van der Waals surface area contributed by atoms with Crippen molar-refractivity contribution < 1.29 is 24.5 Å². The van der Waals surface area contributed by atoms with E-state index >= 15 is 0 Å². The number of nitrogens with one attached hydrogen (secondary N) is 1. The Morgan fingerprint density at radius 2 is 2.07 bits per heavy atom. The van der Waals surface area contributed by atoms with Crippen molar-refractivity contribution >= 4 is 29.3 Å². The van der Waals surface area contributed by atoms with E-state index in [1.165, 1.54) is 18.3 Å². The molecule has 0 aliphatic heterocycles. The van der Waals surface area contributed by atoms with Gasteiger partial charge in [-0.15, -0.1) is 0 Å². The first kappa shape index (κ1) is 20.0. The molecule has 1 heterocycles. The number of ether oxygens (including phenoxy) is 1. The normalized spacial score (nSPS) is 10.1. The molecule has 0 bridgehead atoms. The van der Waals surface area contributed by atoms with Crippen molar-refractivity contribution in [1.82, 2.24) is 4.98 Å². The Balaban J connectivity index is 2.04. The van der Waals surface area contributed by atoms with E-state index in [-0.39, 0.29) is 47.1 Å². The van der Waals surface area contributed by atoms with Crippen molar-refractivity contribution in [1.29, 1.82) is 5.26 Å². The van der Waals surface area contributed by atoms with Gasteiger partial charge in [0, 0.05) is 18.7 Å². The highest BCUT2D eigenvalue weighted by Gasteiger charge is 2.22. The molecule has 27 heavy (non-hydrogen) atoms. The molecule has 2 rings (SSSR count). The first-order valence-corrected chi connectivity index (χ1v) is 8.22. The summed E-state index contributed by atoms with van der Waals surface area (Å²) in [6.45, 7) is 0. The fraction of sp³-hybridized carbons (Fsp3) is 0.222. The van der Waals surface area contributed by atoms with E-state index < -0.39 is 11.7 Å². The minimum atomic E-state index is -0.796. The zero-order valence-corrected chi connectivity index (χ0v) is 15.1. The second kappa shape index (κ2) is 8.87. The van der Waals surface area contributed by atoms with Crippen LogP contribution in [-0.4, -0.2) is 34.2 Å². The van der Waals surface area contributed by atoms with Crippen LogP contribution in [0.5, 0.6) is 11.5 Å². The highest BCUT2D eigenvalue weighted by atomic mass is 35.5. The molecule has 0 aliphatic carbocycles. The van der Waals surface area contributed by atoms with Gasteiger partial charge in [-0.3, -0.25) is 4.79 Å². The molecule has 1 aromatic heterocycles. The van der Waals surface area contributed by atoms with Crippen LogP contribution in [-0.2, 0) is 16.0 Å². The Kier molecular flexibility index (Phi) is 6.57.